The maximum atomic E-state index is 12.3. The molecule has 1 aliphatic heterocycles. The summed E-state index contributed by atoms with van der Waals surface area (Å²) in [6.07, 6.45) is 5.19. The molecule has 8 heteroatoms. The molecular weight excluding hydrogens is 438 g/mol. The quantitative estimate of drug-likeness (QED) is 0.552. The molecular formula is C25H31N3O4S. The minimum absolute atomic E-state index is 0.0713. The maximum absolute atomic E-state index is 12.3. The van der Waals surface area contributed by atoms with E-state index in [0.717, 1.165) is 50.2 Å². The van der Waals surface area contributed by atoms with Crippen LogP contribution >= 0.6 is 0 Å². The predicted molar refractivity (Wildman–Crippen MR) is 128 cm³/mol. The van der Waals surface area contributed by atoms with Crippen LogP contribution in [0.4, 0.5) is 0 Å². The molecule has 176 valence electrons. The Morgan fingerprint density at radius 2 is 1.91 bits per heavy atom. The van der Waals surface area contributed by atoms with Crippen LogP contribution in [-0.4, -0.2) is 51.1 Å². The van der Waals surface area contributed by atoms with E-state index in [1.54, 1.807) is 30.3 Å². The zero-order valence-corrected chi connectivity index (χ0v) is 19.7. The van der Waals surface area contributed by atoms with Gasteiger partial charge in [-0.15, -0.1) is 0 Å². The van der Waals surface area contributed by atoms with Crippen LogP contribution in [0.3, 0.4) is 0 Å². The highest BCUT2D eigenvalue weighted by Gasteiger charge is 2.27. The van der Waals surface area contributed by atoms with E-state index in [0.29, 0.717) is 6.54 Å². The summed E-state index contributed by atoms with van der Waals surface area (Å²) in [5.41, 5.74) is 3.03. The van der Waals surface area contributed by atoms with Gasteiger partial charge in [0.1, 0.15) is 0 Å². The van der Waals surface area contributed by atoms with Gasteiger partial charge < -0.3 is 10.1 Å². The van der Waals surface area contributed by atoms with Crippen LogP contribution in [-0.2, 0) is 32.6 Å². The van der Waals surface area contributed by atoms with Gasteiger partial charge in [-0.2, -0.15) is 0 Å². The number of hydrogen-bond acceptors (Lipinski definition) is 5. The Morgan fingerprint density at radius 3 is 2.64 bits per heavy atom. The van der Waals surface area contributed by atoms with Crippen LogP contribution in [0, 0.1) is 0 Å². The van der Waals surface area contributed by atoms with Gasteiger partial charge in [0.25, 0.3) is 0 Å². The lowest BCUT2D eigenvalue weighted by Crippen LogP contribution is -2.40. The van der Waals surface area contributed by atoms with Gasteiger partial charge in [0.15, 0.2) is 0 Å². The van der Waals surface area contributed by atoms with Crippen molar-refractivity contribution in [3.05, 3.63) is 71.3 Å². The summed E-state index contributed by atoms with van der Waals surface area (Å²) < 4.78 is 32.7. The summed E-state index contributed by atoms with van der Waals surface area (Å²) in [5.74, 6) is -0.200. The predicted octanol–water partition coefficient (Wildman–Crippen LogP) is 2.68. The Bertz CT molecular complexity index is 1090. The van der Waals surface area contributed by atoms with Gasteiger partial charge in [-0.3, -0.25) is 9.69 Å². The number of benzene rings is 2. The Kier molecular flexibility index (Phi) is 7.60. The van der Waals surface area contributed by atoms with Gasteiger partial charge in [-0.05, 0) is 54.7 Å². The lowest BCUT2D eigenvalue weighted by Gasteiger charge is -2.31. The minimum Gasteiger partial charge on any atom is -0.376 e. The van der Waals surface area contributed by atoms with Gasteiger partial charge in [0, 0.05) is 38.3 Å². The average Bonchev–Trinajstić information content (AvgIpc) is 3.60. The summed E-state index contributed by atoms with van der Waals surface area (Å²) in [7, 11) is -3.46. The van der Waals surface area contributed by atoms with Crippen molar-refractivity contribution >= 4 is 22.0 Å². The normalized spacial score (nSPS) is 19.6. The second-order valence-electron chi connectivity index (χ2n) is 8.75. The molecule has 1 amide bonds. The van der Waals surface area contributed by atoms with Gasteiger partial charge in [0.2, 0.25) is 15.9 Å². The first-order chi connectivity index (χ1) is 15.9. The highest BCUT2D eigenvalue weighted by molar-refractivity contribution is 7.89. The Hall–Kier alpha value is -2.52. The number of morpholine rings is 1. The molecule has 7 nitrogen and oxygen atoms in total. The summed E-state index contributed by atoms with van der Waals surface area (Å²) in [6.45, 7) is 6.03. The zero-order valence-electron chi connectivity index (χ0n) is 18.9. The van der Waals surface area contributed by atoms with E-state index in [-0.39, 0.29) is 22.9 Å². The zero-order chi connectivity index (χ0) is 23.3. The fourth-order valence-electron chi connectivity index (χ4n) is 3.80. The van der Waals surface area contributed by atoms with Crippen molar-refractivity contribution in [3.63, 3.8) is 0 Å². The lowest BCUT2D eigenvalue weighted by atomic mass is 10.1. The largest absolute Gasteiger partial charge is 0.376 e. The number of rotatable bonds is 9. The first kappa shape index (κ1) is 23.6. The summed E-state index contributed by atoms with van der Waals surface area (Å²) in [4.78, 5) is 14.9. The number of carbonyl (C=O) groups is 1. The van der Waals surface area contributed by atoms with Crippen molar-refractivity contribution in [1.29, 1.82) is 0 Å². The highest BCUT2D eigenvalue weighted by atomic mass is 32.2. The molecule has 1 heterocycles. The molecule has 33 heavy (non-hydrogen) atoms. The van der Waals surface area contributed by atoms with Crippen molar-refractivity contribution in [2.75, 3.05) is 19.7 Å². The summed E-state index contributed by atoms with van der Waals surface area (Å²) >= 11 is 0. The fourth-order valence-corrected chi connectivity index (χ4v) is 5.10. The van der Waals surface area contributed by atoms with E-state index < -0.39 is 10.0 Å². The molecule has 2 aromatic carbocycles. The van der Waals surface area contributed by atoms with Crippen molar-refractivity contribution in [3.8, 4) is 0 Å². The van der Waals surface area contributed by atoms with Crippen molar-refractivity contribution in [1.82, 2.24) is 14.9 Å². The first-order valence-electron chi connectivity index (χ1n) is 11.4. The molecule has 1 saturated heterocycles. The molecule has 2 fully saturated rings. The smallest absolute Gasteiger partial charge is 0.244 e. The van der Waals surface area contributed by atoms with Crippen molar-refractivity contribution < 1.29 is 17.9 Å². The van der Waals surface area contributed by atoms with Gasteiger partial charge in [-0.1, -0.05) is 36.4 Å². The second-order valence-corrected chi connectivity index (χ2v) is 10.5. The lowest BCUT2D eigenvalue weighted by molar-refractivity contribution is -0.116. The molecule has 1 unspecified atom stereocenters. The molecule has 2 aliphatic rings. The molecule has 0 bridgehead atoms. The number of hydrogen-bond donors (Lipinski definition) is 2. The number of amides is 1. The van der Waals surface area contributed by atoms with Gasteiger partial charge in [-0.25, -0.2) is 13.1 Å². The molecule has 1 aliphatic carbocycles. The SMILES string of the molecule is CC1CN(Cc2cccc(CNC(=O)/C=C/c3ccc(S(=O)(=O)NC4CC4)cc3)c2)CCO1. The fraction of sp³-hybridized carbons (Fsp3) is 0.400. The molecule has 0 aromatic heterocycles. The number of sulfonamides is 1. The molecule has 0 radical (unpaired) electrons. The Morgan fingerprint density at radius 1 is 1.15 bits per heavy atom. The third-order valence-electron chi connectivity index (χ3n) is 5.71. The second kappa shape index (κ2) is 10.6. The molecule has 0 spiro atoms. The average molecular weight is 470 g/mol. The number of nitrogens with one attached hydrogen (secondary N) is 2. The molecule has 1 atom stereocenters. The minimum atomic E-state index is -3.46. The molecule has 4 rings (SSSR count). The van der Waals surface area contributed by atoms with Crippen LogP contribution in [0.1, 0.15) is 36.5 Å². The first-order valence-corrected chi connectivity index (χ1v) is 12.9. The van der Waals surface area contributed by atoms with E-state index in [1.165, 1.54) is 11.6 Å². The monoisotopic (exact) mass is 469 g/mol. The Balaban J connectivity index is 1.26. The maximum Gasteiger partial charge on any atom is 0.244 e. The van der Waals surface area contributed by atoms with E-state index >= 15 is 0 Å². The van der Waals surface area contributed by atoms with Gasteiger partial charge in [0.05, 0.1) is 17.6 Å². The van der Waals surface area contributed by atoms with Crippen LogP contribution in [0.5, 0.6) is 0 Å². The summed E-state index contributed by atoms with van der Waals surface area (Å²) in [6, 6.07) is 14.8. The van der Waals surface area contributed by atoms with E-state index in [1.807, 2.05) is 12.1 Å². The number of ether oxygens (including phenoxy) is 1. The third kappa shape index (κ3) is 7.23. The highest BCUT2D eigenvalue weighted by Crippen LogP contribution is 2.22. The van der Waals surface area contributed by atoms with Crippen LogP contribution < -0.4 is 10.0 Å². The van der Waals surface area contributed by atoms with E-state index in [2.05, 4.69) is 34.0 Å². The third-order valence-corrected chi connectivity index (χ3v) is 7.24. The topological polar surface area (TPSA) is 87.7 Å². The van der Waals surface area contributed by atoms with Crippen LogP contribution in [0.15, 0.2) is 59.5 Å². The van der Waals surface area contributed by atoms with Crippen molar-refractivity contribution in [2.45, 2.75) is 49.9 Å². The van der Waals surface area contributed by atoms with Crippen molar-refractivity contribution in [2.24, 2.45) is 0 Å². The molecule has 2 N–H and O–H groups in total. The standard InChI is InChI=1S/C25H31N3O4S/c1-19-17-28(13-14-32-19)18-22-4-2-3-21(15-22)16-26-25(29)12-7-20-5-10-24(11-6-20)33(30,31)27-23-8-9-23/h2-7,10-12,15,19,23,27H,8-9,13-14,16-18H2,1H3,(H,26,29)/b12-7+. The Labute approximate surface area is 195 Å². The van der Waals surface area contributed by atoms with E-state index in [9.17, 15) is 13.2 Å². The van der Waals surface area contributed by atoms with Gasteiger partial charge >= 0.3 is 0 Å². The summed E-state index contributed by atoms with van der Waals surface area (Å²) in [5, 5.41) is 2.91. The number of carbonyl (C=O) groups excluding carboxylic acids is 1. The molecule has 1 saturated carbocycles. The van der Waals surface area contributed by atoms with Crippen LogP contribution in [0.25, 0.3) is 6.08 Å². The van der Waals surface area contributed by atoms with E-state index in [4.69, 9.17) is 4.74 Å². The number of nitrogens with zero attached hydrogens (tertiary/aromatic N) is 1. The molecule has 2 aromatic rings. The van der Waals surface area contributed by atoms with Crippen LogP contribution in [0.2, 0.25) is 0 Å².